The molecule has 1 amide bonds. The lowest BCUT2D eigenvalue weighted by atomic mass is 9.95. The molecule has 2 aromatic carbocycles. The second-order valence-electron chi connectivity index (χ2n) is 8.37. The molecule has 2 aliphatic heterocycles. The minimum absolute atomic E-state index is 0.130. The summed E-state index contributed by atoms with van der Waals surface area (Å²) in [5.74, 6) is 0.784. The van der Waals surface area contributed by atoms with Crippen molar-refractivity contribution in [3.8, 4) is 0 Å². The van der Waals surface area contributed by atoms with Crippen LogP contribution in [0.25, 0.3) is 10.9 Å². The monoisotopic (exact) mass is 385 g/mol. The van der Waals surface area contributed by atoms with Crippen LogP contribution in [-0.2, 0) is 6.42 Å². The second-order valence-corrected chi connectivity index (χ2v) is 8.37. The third-order valence-corrected chi connectivity index (χ3v) is 6.51. The molecule has 0 aliphatic carbocycles. The van der Waals surface area contributed by atoms with Crippen LogP contribution in [0.4, 0.5) is 5.69 Å². The van der Waals surface area contributed by atoms with Gasteiger partial charge in [-0.25, -0.2) is 0 Å². The van der Waals surface area contributed by atoms with Crippen LogP contribution >= 0.6 is 0 Å². The van der Waals surface area contributed by atoms with Crippen LogP contribution in [0.3, 0.4) is 0 Å². The minimum atomic E-state index is 0.130. The number of aromatic nitrogens is 1. The van der Waals surface area contributed by atoms with Crippen molar-refractivity contribution < 1.29 is 4.79 Å². The third-order valence-electron chi connectivity index (χ3n) is 6.51. The molecule has 1 fully saturated rings. The highest BCUT2D eigenvalue weighted by molar-refractivity contribution is 5.98. The molecule has 1 aromatic heterocycles. The highest BCUT2D eigenvalue weighted by Gasteiger charge is 2.28. The van der Waals surface area contributed by atoms with E-state index in [2.05, 4.69) is 34.1 Å². The molecule has 0 radical (unpaired) electrons. The van der Waals surface area contributed by atoms with Gasteiger partial charge in [0.2, 0.25) is 0 Å². The van der Waals surface area contributed by atoms with E-state index in [0.29, 0.717) is 5.92 Å². The van der Waals surface area contributed by atoms with Crippen LogP contribution in [0, 0.1) is 12.8 Å². The maximum atomic E-state index is 13.2. The fourth-order valence-electron chi connectivity index (χ4n) is 4.83. The van der Waals surface area contributed by atoms with Gasteiger partial charge in [0.15, 0.2) is 0 Å². The molecule has 0 atom stereocenters. The van der Waals surface area contributed by atoms with E-state index in [1.807, 2.05) is 42.2 Å². The molecule has 3 aromatic rings. The molecule has 5 rings (SSSR count). The summed E-state index contributed by atoms with van der Waals surface area (Å²) in [4.78, 5) is 22.4. The number of piperidine rings is 1. The zero-order chi connectivity index (χ0) is 19.8. The number of nitrogens with zero attached hydrogens (tertiary/aromatic N) is 3. The summed E-state index contributed by atoms with van der Waals surface area (Å²) in [5.41, 5.74) is 5.40. The molecule has 3 heterocycles. The van der Waals surface area contributed by atoms with Crippen molar-refractivity contribution in [1.82, 2.24) is 9.88 Å². The molecular weight excluding hydrogens is 358 g/mol. The Kier molecular flexibility index (Phi) is 4.70. The summed E-state index contributed by atoms with van der Waals surface area (Å²) in [7, 11) is 0. The van der Waals surface area contributed by atoms with E-state index in [1.165, 1.54) is 11.3 Å². The van der Waals surface area contributed by atoms with Crippen molar-refractivity contribution in [3.05, 3.63) is 71.4 Å². The van der Waals surface area contributed by atoms with E-state index < -0.39 is 0 Å². The first kappa shape index (κ1) is 18.2. The Morgan fingerprint density at radius 2 is 1.79 bits per heavy atom. The first-order valence-electron chi connectivity index (χ1n) is 10.7. The summed E-state index contributed by atoms with van der Waals surface area (Å²) < 4.78 is 0. The zero-order valence-corrected chi connectivity index (χ0v) is 17.0. The van der Waals surface area contributed by atoms with Gasteiger partial charge in [-0.2, -0.15) is 0 Å². The Hall–Kier alpha value is -2.88. The Balaban J connectivity index is 1.24. The van der Waals surface area contributed by atoms with Crippen LogP contribution in [0.5, 0.6) is 0 Å². The number of fused-ring (bicyclic) bond motifs is 2. The Morgan fingerprint density at radius 1 is 1.03 bits per heavy atom. The van der Waals surface area contributed by atoms with Gasteiger partial charge >= 0.3 is 0 Å². The van der Waals surface area contributed by atoms with Crippen molar-refractivity contribution in [3.63, 3.8) is 0 Å². The van der Waals surface area contributed by atoms with Crippen LogP contribution in [0.1, 0.15) is 34.5 Å². The Bertz CT molecular complexity index is 1050. The first-order chi connectivity index (χ1) is 14.2. The normalized spacial score (nSPS) is 17.0. The fraction of sp³-hybridized carbons (Fsp3) is 0.360. The number of benzene rings is 2. The molecule has 0 bridgehead atoms. The fourth-order valence-corrected chi connectivity index (χ4v) is 4.83. The number of carbonyl (C=O) groups is 1. The SMILES string of the molecule is Cc1nc2ccccc2cc1C(=O)N1CCC(CN2CCc3ccccc32)CC1. The lowest BCUT2D eigenvalue weighted by molar-refractivity contribution is 0.0692. The average molecular weight is 386 g/mol. The molecule has 1 saturated heterocycles. The summed E-state index contributed by atoms with van der Waals surface area (Å²) in [6.07, 6.45) is 3.30. The van der Waals surface area contributed by atoms with Crippen LogP contribution in [0.15, 0.2) is 54.6 Å². The van der Waals surface area contributed by atoms with Gasteiger partial charge in [-0.15, -0.1) is 0 Å². The van der Waals surface area contributed by atoms with Crippen LogP contribution < -0.4 is 4.90 Å². The molecule has 2 aliphatic rings. The maximum Gasteiger partial charge on any atom is 0.255 e. The smallest absolute Gasteiger partial charge is 0.255 e. The highest BCUT2D eigenvalue weighted by atomic mass is 16.2. The quantitative estimate of drug-likeness (QED) is 0.668. The molecule has 148 valence electrons. The van der Waals surface area contributed by atoms with E-state index in [9.17, 15) is 4.79 Å². The standard InChI is InChI=1S/C25H27N3O/c1-18-22(16-21-7-2-4-8-23(21)26-18)25(29)27-13-10-19(11-14-27)17-28-15-12-20-6-3-5-9-24(20)28/h2-9,16,19H,10-15,17H2,1H3. The number of para-hydroxylation sites is 2. The minimum Gasteiger partial charge on any atom is -0.371 e. The van der Waals surface area contributed by atoms with Gasteiger partial charge in [0, 0.05) is 37.3 Å². The average Bonchev–Trinajstić information content (AvgIpc) is 3.16. The summed E-state index contributed by atoms with van der Waals surface area (Å²) >= 11 is 0. The molecule has 0 unspecified atom stereocenters. The summed E-state index contributed by atoms with van der Waals surface area (Å²) in [6.45, 7) is 5.85. The molecular formula is C25H27N3O. The van der Waals surface area contributed by atoms with Gasteiger partial charge in [-0.05, 0) is 55.9 Å². The van der Waals surface area contributed by atoms with Crippen molar-refractivity contribution in [2.24, 2.45) is 5.92 Å². The Labute approximate surface area is 172 Å². The number of pyridine rings is 1. The lowest BCUT2D eigenvalue weighted by Crippen LogP contribution is -2.41. The third kappa shape index (κ3) is 3.48. The molecule has 29 heavy (non-hydrogen) atoms. The second kappa shape index (κ2) is 7.51. The molecule has 0 saturated carbocycles. The number of carbonyl (C=O) groups excluding carboxylic acids is 1. The van der Waals surface area contributed by atoms with Gasteiger partial charge in [0.05, 0.1) is 16.8 Å². The predicted octanol–water partition coefficient (Wildman–Crippen LogP) is 4.46. The highest BCUT2D eigenvalue weighted by Crippen LogP contribution is 2.30. The number of aryl methyl sites for hydroxylation is 1. The topological polar surface area (TPSA) is 36.4 Å². The van der Waals surface area contributed by atoms with Gasteiger partial charge in [0.1, 0.15) is 0 Å². The van der Waals surface area contributed by atoms with Crippen molar-refractivity contribution in [2.75, 3.05) is 31.1 Å². The van der Waals surface area contributed by atoms with Crippen LogP contribution in [-0.4, -0.2) is 42.0 Å². The maximum absolute atomic E-state index is 13.2. The van der Waals surface area contributed by atoms with Gasteiger partial charge in [-0.3, -0.25) is 9.78 Å². The molecule has 0 N–H and O–H groups in total. The number of hydrogen-bond acceptors (Lipinski definition) is 3. The summed E-state index contributed by atoms with van der Waals surface area (Å²) in [6, 6.07) is 18.8. The number of amides is 1. The van der Waals surface area contributed by atoms with E-state index in [-0.39, 0.29) is 5.91 Å². The first-order valence-corrected chi connectivity index (χ1v) is 10.7. The van der Waals surface area contributed by atoms with Crippen LogP contribution in [0.2, 0.25) is 0 Å². The number of hydrogen-bond donors (Lipinski definition) is 0. The molecule has 0 spiro atoms. The van der Waals surface area contributed by atoms with Crippen molar-refractivity contribution in [2.45, 2.75) is 26.2 Å². The predicted molar refractivity (Wildman–Crippen MR) is 117 cm³/mol. The van der Waals surface area contributed by atoms with Crippen molar-refractivity contribution >= 4 is 22.5 Å². The van der Waals surface area contributed by atoms with E-state index >= 15 is 0 Å². The lowest BCUT2D eigenvalue weighted by Gasteiger charge is -2.34. The van der Waals surface area contributed by atoms with Gasteiger partial charge in [-0.1, -0.05) is 36.4 Å². The summed E-state index contributed by atoms with van der Waals surface area (Å²) in [5, 5.41) is 1.03. The van der Waals surface area contributed by atoms with E-state index in [0.717, 1.165) is 67.6 Å². The number of likely N-dealkylation sites (tertiary alicyclic amines) is 1. The molecule has 4 heteroatoms. The number of rotatable bonds is 3. The van der Waals surface area contributed by atoms with Gasteiger partial charge < -0.3 is 9.80 Å². The van der Waals surface area contributed by atoms with E-state index in [4.69, 9.17) is 0 Å². The van der Waals surface area contributed by atoms with E-state index in [1.54, 1.807) is 0 Å². The molecule has 4 nitrogen and oxygen atoms in total. The largest absolute Gasteiger partial charge is 0.371 e. The Morgan fingerprint density at radius 3 is 2.66 bits per heavy atom. The van der Waals surface area contributed by atoms with Gasteiger partial charge in [0.25, 0.3) is 5.91 Å². The number of anilines is 1. The zero-order valence-electron chi connectivity index (χ0n) is 17.0. The van der Waals surface area contributed by atoms with Crippen molar-refractivity contribution in [1.29, 1.82) is 0 Å².